The van der Waals surface area contributed by atoms with Crippen LogP contribution in [0.25, 0.3) is 22.3 Å². The number of benzene rings is 1. The third-order valence-electron chi connectivity index (χ3n) is 3.95. The fraction of sp³-hybridized carbons (Fsp3) is 0.158. The Kier molecular flexibility index (Phi) is 4.11. The highest BCUT2D eigenvalue weighted by Crippen LogP contribution is 2.28. The Morgan fingerprint density at radius 1 is 1.04 bits per heavy atom. The predicted octanol–water partition coefficient (Wildman–Crippen LogP) is 4.09. The molecule has 4 aromatic rings. The third-order valence-corrected chi connectivity index (χ3v) is 4.84. The molecule has 0 aliphatic rings. The molecule has 0 amide bonds. The SMILES string of the molecule is Cc1ncc(CN(C)c2nc(-c3ccncc3)nc3ccccc23)s1. The average Bonchev–Trinajstić information content (AvgIpc) is 3.06. The molecule has 0 atom stereocenters. The van der Waals surface area contributed by atoms with E-state index in [1.165, 1.54) is 4.88 Å². The number of pyridine rings is 1. The predicted molar refractivity (Wildman–Crippen MR) is 102 cm³/mol. The molecule has 0 N–H and O–H groups in total. The van der Waals surface area contributed by atoms with Crippen molar-refractivity contribution in [2.75, 3.05) is 11.9 Å². The molecule has 0 saturated heterocycles. The molecule has 0 spiro atoms. The molecule has 5 nitrogen and oxygen atoms in total. The van der Waals surface area contributed by atoms with E-state index in [9.17, 15) is 0 Å². The van der Waals surface area contributed by atoms with Crippen molar-refractivity contribution in [2.24, 2.45) is 0 Å². The Hall–Kier alpha value is -2.86. The number of aromatic nitrogens is 4. The lowest BCUT2D eigenvalue weighted by molar-refractivity contribution is 0.913. The second-order valence-electron chi connectivity index (χ2n) is 5.83. The van der Waals surface area contributed by atoms with Gasteiger partial charge in [-0.05, 0) is 31.2 Å². The molecular formula is C19H17N5S. The molecule has 3 aromatic heterocycles. The molecule has 1 aromatic carbocycles. The number of hydrogen-bond acceptors (Lipinski definition) is 6. The van der Waals surface area contributed by atoms with E-state index >= 15 is 0 Å². The lowest BCUT2D eigenvalue weighted by atomic mass is 10.2. The Morgan fingerprint density at radius 3 is 2.60 bits per heavy atom. The maximum absolute atomic E-state index is 4.85. The van der Waals surface area contributed by atoms with Crippen molar-refractivity contribution in [1.82, 2.24) is 19.9 Å². The molecule has 0 aliphatic heterocycles. The summed E-state index contributed by atoms with van der Waals surface area (Å²) in [5.74, 6) is 1.63. The molecule has 0 aliphatic carbocycles. The van der Waals surface area contributed by atoms with Crippen LogP contribution in [0.5, 0.6) is 0 Å². The van der Waals surface area contributed by atoms with Crippen LogP contribution in [-0.4, -0.2) is 27.0 Å². The van der Waals surface area contributed by atoms with Gasteiger partial charge < -0.3 is 4.90 Å². The molecule has 124 valence electrons. The molecular weight excluding hydrogens is 330 g/mol. The zero-order valence-corrected chi connectivity index (χ0v) is 14.9. The summed E-state index contributed by atoms with van der Waals surface area (Å²) in [6.45, 7) is 2.79. The lowest BCUT2D eigenvalue weighted by Gasteiger charge is -2.20. The summed E-state index contributed by atoms with van der Waals surface area (Å²) in [4.78, 5) is 21.4. The van der Waals surface area contributed by atoms with E-state index < -0.39 is 0 Å². The van der Waals surface area contributed by atoms with E-state index in [4.69, 9.17) is 9.97 Å². The standard InChI is InChI=1S/C19H17N5S/c1-13-21-11-15(25-13)12-24(2)19-16-5-3-4-6-17(16)22-18(23-19)14-7-9-20-10-8-14/h3-11H,12H2,1-2H3. The minimum absolute atomic E-state index is 0.712. The van der Waals surface area contributed by atoms with Crippen LogP contribution in [0.3, 0.4) is 0 Å². The summed E-state index contributed by atoms with van der Waals surface area (Å²) in [6, 6.07) is 12.0. The number of fused-ring (bicyclic) bond motifs is 1. The number of hydrogen-bond donors (Lipinski definition) is 0. The normalized spacial score (nSPS) is 11.0. The number of nitrogens with zero attached hydrogens (tertiary/aromatic N) is 5. The smallest absolute Gasteiger partial charge is 0.162 e. The Labute approximate surface area is 150 Å². The topological polar surface area (TPSA) is 54.8 Å². The van der Waals surface area contributed by atoms with Crippen molar-refractivity contribution >= 4 is 28.1 Å². The van der Waals surface area contributed by atoms with Gasteiger partial charge >= 0.3 is 0 Å². The van der Waals surface area contributed by atoms with Crippen LogP contribution in [0, 0.1) is 6.92 Å². The third kappa shape index (κ3) is 3.21. The molecule has 4 rings (SSSR count). The number of anilines is 1. The Bertz CT molecular complexity index is 1010. The summed E-state index contributed by atoms with van der Waals surface area (Å²) in [5, 5.41) is 2.12. The van der Waals surface area contributed by atoms with Crippen LogP contribution in [-0.2, 0) is 6.54 Å². The fourth-order valence-corrected chi connectivity index (χ4v) is 3.62. The molecule has 0 bridgehead atoms. The highest BCUT2D eigenvalue weighted by atomic mass is 32.1. The summed E-state index contributed by atoms with van der Waals surface area (Å²) < 4.78 is 0. The number of para-hydroxylation sites is 1. The second-order valence-corrected chi connectivity index (χ2v) is 7.14. The zero-order chi connectivity index (χ0) is 17.2. The van der Waals surface area contributed by atoms with Gasteiger partial charge in [-0.15, -0.1) is 11.3 Å². The van der Waals surface area contributed by atoms with Crippen molar-refractivity contribution in [3.05, 3.63) is 64.9 Å². The molecule has 3 heterocycles. The summed E-state index contributed by atoms with van der Waals surface area (Å²) in [7, 11) is 2.06. The molecule has 0 radical (unpaired) electrons. The summed E-state index contributed by atoms with van der Waals surface area (Å²) >= 11 is 1.71. The Morgan fingerprint density at radius 2 is 1.84 bits per heavy atom. The quantitative estimate of drug-likeness (QED) is 0.556. The summed E-state index contributed by atoms with van der Waals surface area (Å²) in [5.41, 5.74) is 1.90. The maximum atomic E-state index is 4.85. The van der Waals surface area contributed by atoms with Crippen molar-refractivity contribution in [1.29, 1.82) is 0 Å². The lowest BCUT2D eigenvalue weighted by Crippen LogP contribution is -2.18. The van der Waals surface area contributed by atoms with Gasteiger partial charge in [-0.1, -0.05) is 12.1 Å². The van der Waals surface area contributed by atoms with Crippen LogP contribution >= 0.6 is 11.3 Å². The van der Waals surface area contributed by atoms with E-state index in [0.29, 0.717) is 5.82 Å². The van der Waals surface area contributed by atoms with Gasteiger partial charge in [0.1, 0.15) is 5.82 Å². The van der Waals surface area contributed by atoms with Gasteiger partial charge in [0, 0.05) is 41.5 Å². The molecule has 0 fully saturated rings. The van der Waals surface area contributed by atoms with Crippen LogP contribution < -0.4 is 4.90 Å². The maximum Gasteiger partial charge on any atom is 0.162 e. The first-order valence-corrected chi connectivity index (χ1v) is 8.82. The molecule has 0 unspecified atom stereocenters. The number of thiazole rings is 1. The summed E-state index contributed by atoms with van der Waals surface area (Å²) in [6.07, 6.45) is 5.46. The zero-order valence-electron chi connectivity index (χ0n) is 14.0. The van der Waals surface area contributed by atoms with Crippen LogP contribution in [0.2, 0.25) is 0 Å². The van der Waals surface area contributed by atoms with Crippen LogP contribution in [0.1, 0.15) is 9.88 Å². The van der Waals surface area contributed by atoms with Gasteiger partial charge in [-0.25, -0.2) is 15.0 Å². The van der Waals surface area contributed by atoms with Gasteiger partial charge in [0.25, 0.3) is 0 Å². The first kappa shape index (κ1) is 15.7. The molecule has 25 heavy (non-hydrogen) atoms. The fourth-order valence-electron chi connectivity index (χ4n) is 2.77. The van der Waals surface area contributed by atoms with Crippen LogP contribution in [0.15, 0.2) is 55.0 Å². The minimum atomic E-state index is 0.712. The second kappa shape index (κ2) is 6.57. The van der Waals surface area contributed by atoms with E-state index in [1.54, 1.807) is 23.7 Å². The van der Waals surface area contributed by atoms with Crippen molar-refractivity contribution in [3.8, 4) is 11.4 Å². The largest absolute Gasteiger partial charge is 0.354 e. The number of aryl methyl sites for hydroxylation is 1. The first-order valence-electron chi connectivity index (χ1n) is 8.00. The first-order chi connectivity index (χ1) is 12.2. The van der Waals surface area contributed by atoms with E-state index in [1.807, 2.05) is 43.5 Å². The Balaban J connectivity index is 1.80. The van der Waals surface area contributed by atoms with Gasteiger partial charge in [0.15, 0.2) is 5.82 Å². The van der Waals surface area contributed by atoms with Gasteiger partial charge in [0.2, 0.25) is 0 Å². The van der Waals surface area contributed by atoms with Gasteiger partial charge in [-0.3, -0.25) is 4.98 Å². The molecule has 0 saturated carbocycles. The monoisotopic (exact) mass is 347 g/mol. The van der Waals surface area contributed by atoms with E-state index in [2.05, 4.69) is 28.0 Å². The minimum Gasteiger partial charge on any atom is -0.354 e. The highest BCUT2D eigenvalue weighted by Gasteiger charge is 2.14. The van der Waals surface area contributed by atoms with Gasteiger partial charge in [-0.2, -0.15) is 0 Å². The van der Waals surface area contributed by atoms with E-state index in [0.717, 1.165) is 33.8 Å². The number of rotatable bonds is 4. The average molecular weight is 347 g/mol. The van der Waals surface area contributed by atoms with Crippen molar-refractivity contribution in [3.63, 3.8) is 0 Å². The van der Waals surface area contributed by atoms with Crippen LogP contribution in [0.4, 0.5) is 5.82 Å². The van der Waals surface area contributed by atoms with E-state index in [-0.39, 0.29) is 0 Å². The van der Waals surface area contributed by atoms with Gasteiger partial charge in [0.05, 0.1) is 17.1 Å². The highest BCUT2D eigenvalue weighted by molar-refractivity contribution is 7.11. The molecule has 6 heteroatoms. The van der Waals surface area contributed by atoms with Crippen molar-refractivity contribution < 1.29 is 0 Å². The van der Waals surface area contributed by atoms with Crippen molar-refractivity contribution in [2.45, 2.75) is 13.5 Å².